The van der Waals surface area contributed by atoms with Crippen LogP contribution in [-0.2, 0) is 6.61 Å². The number of nitrogens with two attached hydrogens (primary N) is 1. The van der Waals surface area contributed by atoms with Gasteiger partial charge in [0, 0.05) is 24.7 Å². The Bertz CT molecular complexity index is 1530. The Morgan fingerprint density at radius 2 is 2.11 bits per heavy atom. The SMILES string of the molecule is C=C(c1cc(Cl)nc(CO)c1)c1n[nH]c2nc(N3CCC4(CC3)CC3=C(CC(C)C=C3)[C@H]4N)[nH]c(=O)c12. The molecular formula is C27H30ClN7O2. The van der Waals surface area contributed by atoms with Crippen molar-refractivity contribution in [3.05, 3.63) is 74.5 Å². The lowest BCUT2D eigenvalue weighted by Gasteiger charge is -2.43. The summed E-state index contributed by atoms with van der Waals surface area (Å²) in [6.45, 7) is 7.64. The van der Waals surface area contributed by atoms with Gasteiger partial charge in [-0.05, 0) is 65.9 Å². The van der Waals surface area contributed by atoms with Crippen LogP contribution in [0.15, 0.2) is 46.8 Å². The highest BCUT2D eigenvalue weighted by Gasteiger charge is 2.47. The fraction of sp³-hybridized carbons (Fsp3) is 0.407. The van der Waals surface area contributed by atoms with Crippen LogP contribution in [0.5, 0.6) is 0 Å². The van der Waals surface area contributed by atoms with E-state index in [-0.39, 0.29) is 28.8 Å². The van der Waals surface area contributed by atoms with Gasteiger partial charge >= 0.3 is 0 Å². The standard InChI is InChI=1S/C27H30ClN7O2/c1-14-3-4-16-12-27(23(29)19(16)9-14)5-7-35(8-6-27)26-31-24-21(25(37)32-26)22(33-34-24)15(2)17-10-18(13-36)30-20(28)11-17/h3-4,10-11,14,23,36H,2,5-9,12-13,29H2,1H3,(H2,31,32,33,34,37)/t14?,23-/m1/s1. The molecule has 0 bridgehead atoms. The van der Waals surface area contributed by atoms with Crippen molar-refractivity contribution in [2.75, 3.05) is 18.0 Å². The van der Waals surface area contributed by atoms with Gasteiger partial charge in [-0.2, -0.15) is 10.1 Å². The molecule has 4 heterocycles. The van der Waals surface area contributed by atoms with Crippen molar-refractivity contribution >= 4 is 34.2 Å². The molecule has 9 nitrogen and oxygen atoms in total. The highest BCUT2D eigenvalue weighted by molar-refractivity contribution is 6.29. The van der Waals surface area contributed by atoms with Gasteiger partial charge in [0.1, 0.15) is 16.2 Å². The third-order valence-electron chi connectivity index (χ3n) is 8.28. The van der Waals surface area contributed by atoms with Gasteiger partial charge in [0.15, 0.2) is 5.65 Å². The molecule has 5 N–H and O–H groups in total. The van der Waals surface area contributed by atoms with Gasteiger partial charge in [0.25, 0.3) is 5.56 Å². The molecule has 0 aromatic carbocycles. The van der Waals surface area contributed by atoms with Crippen molar-refractivity contribution < 1.29 is 5.11 Å². The Balaban J connectivity index is 1.23. The first-order valence-electron chi connectivity index (χ1n) is 12.6. The first kappa shape index (κ1) is 24.1. The molecule has 6 rings (SSSR count). The van der Waals surface area contributed by atoms with E-state index in [2.05, 4.69) is 50.7 Å². The second kappa shape index (κ2) is 8.93. The second-order valence-electron chi connectivity index (χ2n) is 10.6. The maximum absolute atomic E-state index is 13.2. The summed E-state index contributed by atoms with van der Waals surface area (Å²) < 4.78 is 0. The van der Waals surface area contributed by atoms with Gasteiger partial charge in [-0.25, -0.2) is 4.98 Å². The maximum Gasteiger partial charge on any atom is 0.264 e. The number of aromatic nitrogens is 5. The Morgan fingerprint density at radius 3 is 2.86 bits per heavy atom. The molecule has 1 spiro atoms. The summed E-state index contributed by atoms with van der Waals surface area (Å²) in [5, 5.41) is 17.3. The van der Waals surface area contributed by atoms with Crippen LogP contribution in [0.2, 0.25) is 5.15 Å². The molecule has 2 atom stereocenters. The van der Waals surface area contributed by atoms with Crippen molar-refractivity contribution in [1.82, 2.24) is 25.1 Å². The topological polar surface area (TPSA) is 137 Å². The maximum atomic E-state index is 13.2. The summed E-state index contributed by atoms with van der Waals surface area (Å²) in [7, 11) is 0. The number of aliphatic hydroxyl groups excluding tert-OH is 1. The number of hydrogen-bond acceptors (Lipinski definition) is 7. The van der Waals surface area contributed by atoms with Gasteiger partial charge < -0.3 is 15.7 Å². The van der Waals surface area contributed by atoms with Crippen molar-refractivity contribution in [2.24, 2.45) is 17.1 Å². The summed E-state index contributed by atoms with van der Waals surface area (Å²) in [4.78, 5) is 27.1. The van der Waals surface area contributed by atoms with E-state index >= 15 is 0 Å². The molecule has 1 fully saturated rings. The number of hydrogen-bond donors (Lipinski definition) is 4. The van der Waals surface area contributed by atoms with Gasteiger partial charge in [-0.15, -0.1) is 0 Å². The van der Waals surface area contributed by atoms with E-state index in [0.717, 1.165) is 38.8 Å². The Hall–Kier alpha value is -3.27. The molecule has 1 aliphatic heterocycles. The number of nitrogens with one attached hydrogen (secondary N) is 2. The minimum atomic E-state index is -0.290. The van der Waals surface area contributed by atoms with Crippen LogP contribution < -0.4 is 16.2 Å². The summed E-state index contributed by atoms with van der Waals surface area (Å²) in [6.07, 6.45) is 8.58. The molecule has 192 valence electrons. The van der Waals surface area contributed by atoms with E-state index in [0.29, 0.717) is 45.4 Å². The molecule has 37 heavy (non-hydrogen) atoms. The van der Waals surface area contributed by atoms with E-state index in [4.69, 9.17) is 22.3 Å². The first-order valence-corrected chi connectivity index (χ1v) is 13.0. The monoisotopic (exact) mass is 519 g/mol. The lowest BCUT2D eigenvalue weighted by molar-refractivity contribution is 0.201. The van der Waals surface area contributed by atoms with Crippen LogP contribution in [-0.4, -0.2) is 49.4 Å². The third-order valence-corrected chi connectivity index (χ3v) is 8.47. The van der Waals surface area contributed by atoms with E-state index in [1.54, 1.807) is 12.1 Å². The summed E-state index contributed by atoms with van der Waals surface area (Å²) in [6, 6.07) is 3.39. The van der Waals surface area contributed by atoms with Crippen LogP contribution in [0.1, 0.15) is 49.6 Å². The molecule has 3 aliphatic rings. The van der Waals surface area contributed by atoms with Crippen molar-refractivity contribution in [1.29, 1.82) is 0 Å². The van der Waals surface area contributed by atoms with E-state index < -0.39 is 0 Å². The summed E-state index contributed by atoms with van der Waals surface area (Å²) in [5.41, 5.74) is 11.8. The number of nitrogens with zero attached hydrogens (tertiary/aromatic N) is 4. The van der Waals surface area contributed by atoms with E-state index in [1.807, 2.05) is 0 Å². The highest BCUT2D eigenvalue weighted by Crippen LogP contribution is 2.51. The van der Waals surface area contributed by atoms with Crippen LogP contribution in [0.25, 0.3) is 16.6 Å². The van der Waals surface area contributed by atoms with Gasteiger partial charge in [0.05, 0.1) is 12.3 Å². The number of aliphatic hydroxyl groups is 1. The number of allylic oxidation sites excluding steroid dienone is 3. The number of aromatic amines is 2. The molecule has 2 aliphatic carbocycles. The number of halogens is 1. The lowest BCUT2D eigenvalue weighted by atomic mass is 9.72. The number of fused-ring (bicyclic) bond motifs is 1. The van der Waals surface area contributed by atoms with Crippen LogP contribution >= 0.6 is 11.6 Å². The smallest absolute Gasteiger partial charge is 0.264 e. The minimum absolute atomic E-state index is 0.0814. The molecule has 3 aromatic heterocycles. The highest BCUT2D eigenvalue weighted by atomic mass is 35.5. The van der Waals surface area contributed by atoms with Crippen LogP contribution in [0.4, 0.5) is 5.95 Å². The van der Waals surface area contributed by atoms with Gasteiger partial charge in [-0.1, -0.05) is 37.3 Å². The van der Waals surface area contributed by atoms with Gasteiger partial charge in [0.2, 0.25) is 5.95 Å². The van der Waals surface area contributed by atoms with Crippen molar-refractivity contribution in [3.8, 4) is 0 Å². The molecule has 0 radical (unpaired) electrons. The summed E-state index contributed by atoms with van der Waals surface area (Å²) >= 11 is 6.10. The normalized spacial score (nSPS) is 22.8. The molecule has 10 heteroatoms. The Morgan fingerprint density at radius 1 is 1.32 bits per heavy atom. The van der Waals surface area contributed by atoms with Gasteiger partial charge in [-0.3, -0.25) is 14.9 Å². The molecule has 1 saturated heterocycles. The van der Waals surface area contributed by atoms with Crippen molar-refractivity contribution in [2.45, 2.75) is 45.3 Å². The Kier molecular flexibility index (Phi) is 5.82. The fourth-order valence-electron chi connectivity index (χ4n) is 6.18. The fourth-order valence-corrected chi connectivity index (χ4v) is 6.41. The number of rotatable bonds is 4. The molecule has 1 unspecified atom stereocenters. The number of H-pyrrole nitrogens is 2. The van der Waals surface area contributed by atoms with Crippen LogP contribution in [0.3, 0.4) is 0 Å². The molecular weight excluding hydrogens is 490 g/mol. The predicted molar refractivity (Wildman–Crippen MR) is 144 cm³/mol. The quantitative estimate of drug-likeness (QED) is 0.387. The predicted octanol–water partition coefficient (Wildman–Crippen LogP) is 3.46. The van der Waals surface area contributed by atoms with E-state index in [1.165, 1.54) is 11.1 Å². The minimum Gasteiger partial charge on any atom is -0.390 e. The zero-order chi connectivity index (χ0) is 25.9. The Labute approximate surface area is 219 Å². The molecule has 0 amide bonds. The zero-order valence-corrected chi connectivity index (χ0v) is 21.5. The van der Waals surface area contributed by atoms with E-state index in [9.17, 15) is 9.90 Å². The second-order valence-corrected chi connectivity index (χ2v) is 11.0. The number of pyridine rings is 1. The van der Waals surface area contributed by atoms with Crippen LogP contribution in [0, 0.1) is 11.3 Å². The average molecular weight is 520 g/mol. The largest absolute Gasteiger partial charge is 0.390 e. The average Bonchev–Trinajstić information content (AvgIpc) is 3.43. The zero-order valence-electron chi connectivity index (χ0n) is 20.7. The lowest BCUT2D eigenvalue weighted by Crippen LogP contribution is -2.48. The summed E-state index contributed by atoms with van der Waals surface area (Å²) in [5.74, 6) is 1.07. The molecule has 3 aromatic rings. The first-order chi connectivity index (χ1) is 17.8. The molecule has 0 saturated carbocycles. The third kappa shape index (κ3) is 4.02. The number of piperidine rings is 1. The van der Waals surface area contributed by atoms with Crippen molar-refractivity contribution in [3.63, 3.8) is 0 Å². The number of anilines is 1.